The van der Waals surface area contributed by atoms with Gasteiger partial charge in [-0.2, -0.15) is 44.3 Å². The summed E-state index contributed by atoms with van der Waals surface area (Å²) in [5.41, 5.74) is -3.38. The molecule has 0 spiro atoms. The maximum absolute atomic E-state index is 14.2. The molecule has 0 N–H and O–H groups in total. The van der Waals surface area contributed by atoms with Crippen LogP contribution in [0.25, 0.3) is 0 Å². The topological polar surface area (TPSA) is 87.5 Å². The second-order valence-electron chi connectivity index (χ2n) is 13.8. The van der Waals surface area contributed by atoms with Crippen LogP contribution in [0, 0.1) is 12.8 Å². The highest BCUT2D eigenvalue weighted by atomic mass is 19.4. The summed E-state index contributed by atoms with van der Waals surface area (Å²) in [7, 11) is 0. The van der Waals surface area contributed by atoms with Crippen LogP contribution in [0.4, 0.5) is 51.1 Å². The molecule has 1 unspecified atom stereocenters. The SMILES string of the molecule is Cc1cc2c(cc1C(F)(F)F)N(CC1CC1)CCCC2N(Cc1cc(C(F)(F)F)cc(C(F)(F)F)c1)c1nnn(CCN2C(=O)c3ccccc3C2=O)n1. The van der Waals surface area contributed by atoms with Gasteiger partial charge in [-0.05, 0) is 96.8 Å². The van der Waals surface area contributed by atoms with Crippen molar-refractivity contribution >= 4 is 23.5 Å². The lowest BCUT2D eigenvalue weighted by Gasteiger charge is -2.33. The van der Waals surface area contributed by atoms with Crippen molar-refractivity contribution in [1.82, 2.24) is 25.1 Å². The monoisotopic (exact) mass is 765 g/mol. The maximum Gasteiger partial charge on any atom is 0.416 e. The zero-order valence-corrected chi connectivity index (χ0v) is 28.6. The molecule has 18 heteroatoms. The van der Waals surface area contributed by atoms with Gasteiger partial charge in [0.25, 0.3) is 17.8 Å². The number of anilines is 2. The van der Waals surface area contributed by atoms with Gasteiger partial charge in [-0.3, -0.25) is 14.5 Å². The summed E-state index contributed by atoms with van der Waals surface area (Å²) >= 11 is 0. The minimum absolute atomic E-state index is 0.0142. The van der Waals surface area contributed by atoms with E-state index in [1.807, 2.05) is 4.90 Å². The number of amides is 2. The minimum Gasteiger partial charge on any atom is -0.371 e. The summed E-state index contributed by atoms with van der Waals surface area (Å²) in [6, 6.07) is 8.93. The van der Waals surface area contributed by atoms with E-state index in [2.05, 4.69) is 15.4 Å². The third-order valence-corrected chi connectivity index (χ3v) is 9.94. The Morgan fingerprint density at radius 2 is 1.43 bits per heavy atom. The van der Waals surface area contributed by atoms with E-state index in [4.69, 9.17) is 0 Å². The lowest BCUT2D eigenvalue weighted by molar-refractivity contribution is -0.143. The van der Waals surface area contributed by atoms with Gasteiger partial charge < -0.3 is 9.80 Å². The fraction of sp³-hybridized carbons (Fsp3) is 0.417. The third-order valence-electron chi connectivity index (χ3n) is 9.94. The van der Waals surface area contributed by atoms with Crippen LogP contribution in [-0.4, -0.2) is 56.6 Å². The Labute approximate surface area is 302 Å². The Bertz CT molecular complexity index is 2020. The molecule has 1 fully saturated rings. The van der Waals surface area contributed by atoms with Crippen LogP contribution in [-0.2, 0) is 31.6 Å². The van der Waals surface area contributed by atoms with Crippen molar-refractivity contribution < 1.29 is 49.1 Å². The number of carbonyl (C=O) groups is 2. The fourth-order valence-corrected chi connectivity index (χ4v) is 7.15. The zero-order valence-electron chi connectivity index (χ0n) is 28.6. The molecule has 1 aromatic heterocycles. The van der Waals surface area contributed by atoms with Crippen LogP contribution in [0.3, 0.4) is 0 Å². The van der Waals surface area contributed by atoms with Crippen molar-refractivity contribution in [3.05, 3.63) is 99.1 Å². The molecule has 1 saturated carbocycles. The molecule has 3 aromatic carbocycles. The van der Waals surface area contributed by atoms with Crippen molar-refractivity contribution in [2.75, 3.05) is 29.4 Å². The number of rotatable bonds is 9. The average Bonchev–Trinajstić information content (AvgIpc) is 3.78. The average molecular weight is 766 g/mol. The molecule has 3 aliphatic rings. The molecule has 286 valence electrons. The number of nitrogens with zero attached hydrogens (tertiary/aromatic N) is 7. The molecule has 9 nitrogen and oxygen atoms in total. The van der Waals surface area contributed by atoms with E-state index in [1.165, 1.54) is 30.0 Å². The van der Waals surface area contributed by atoms with Crippen LogP contribution in [0.5, 0.6) is 0 Å². The van der Waals surface area contributed by atoms with Crippen LogP contribution < -0.4 is 9.80 Å². The van der Waals surface area contributed by atoms with Crippen molar-refractivity contribution in [3.63, 3.8) is 0 Å². The van der Waals surface area contributed by atoms with Gasteiger partial charge in [0.05, 0.1) is 46.9 Å². The Morgan fingerprint density at radius 1 is 0.796 bits per heavy atom. The van der Waals surface area contributed by atoms with Gasteiger partial charge >= 0.3 is 18.5 Å². The van der Waals surface area contributed by atoms with Gasteiger partial charge in [-0.25, -0.2) is 0 Å². The third kappa shape index (κ3) is 7.46. The van der Waals surface area contributed by atoms with E-state index in [1.54, 1.807) is 12.1 Å². The molecule has 0 saturated heterocycles. The van der Waals surface area contributed by atoms with E-state index in [0.717, 1.165) is 28.6 Å². The molecule has 0 radical (unpaired) electrons. The summed E-state index contributed by atoms with van der Waals surface area (Å²) in [6.45, 7) is 1.16. The van der Waals surface area contributed by atoms with Gasteiger partial charge in [0.1, 0.15) is 0 Å². The normalized spacial score (nSPS) is 17.9. The number of fused-ring (bicyclic) bond motifs is 2. The predicted molar refractivity (Wildman–Crippen MR) is 175 cm³/mol. The smallest absolute Gasteiger partial charge is 0.371 e. The number of benzene rings is 3. The Morgan fingerprint density at radius 3 is 2.00 bits per heavy atom. The standard InChI is InChI=1S/C36H32F9N7O2/c1-20-13-27-29(7-4-10-49(18-21-8-9-21)30(27)17-28(20)36(43,44)45)51(19-22-14-23(34(37,38)39)16-24(15-22)35(40,41)42)33-46-48-52(47-33)12-11-50-31(53)25-5-2-3-6-26(25)32(50)54/h2-3,5-6,13-17,21,29H,4,7-12,18-19H2,1H3. The number of imide groups is 1. The van der Waals surface area contributed by atoms with Crippen LogP contribution in [0.15, 0.2) is 54.6 Å². The van der Waals surface area contributed by atoms with Crippen LogP contribution in [0.1, 0.15) is 85.8 Å². The summed E-state index contributed by atoms with van der Waals surface area (Å²) < 4.78 is 126. The van der Waals surface area contributed by atoms with Crippen molar-refractivity contribution in [2.24, 2.45) is 5.92 Å². The minimum atomic E-state index is -5.13. The fourth-order valence-electron chi connectivity index (χ4n) is 7.15. The van der Waals surface area contributed by atoms with Crippen LogP contribution >= 0.6 is 0 Å². The van der Waals surface area contributed by atoms with E-state index in [0.29, 0.717) is 37.2 Å². The number of alkyl halides is 9. The second-order valence-corrected chi connectivity index (χ2v) is 13.8. The summed E-state index contributed by atoms with van der Waals surface area (Å²) in [5, 5.41) is 12.5. The first kappa shape index (κ1) is 37.2. The van der Waals surface area contributed by atoms with Gasteiger partial charge in [-0.15, -0.1) is 5.10 Å². The molecule has 3 heterocycles. The summed E-state index contributed by atoms with van der Waals surface area (Å²) in [6.07, 6.45) is -12.5. The molecule has 2 aliphatic heterocycles. The lowest BCUT2D eigenvalue weighted by Crippen LogP contribution is -2.33. The molecular formula is C36H32F9N7O2. The molecule has 2 amide bonds. The first-order valence-corrected chi connectivity index (χ1v) is 17.1. The molecule has 0 bridgehead atoms. The first-order chi connectivity index (χ1) is 25.4. The highest BCUT2D eigenvalue weighted by molar-refractivity contribution is 6.21. The Hall–Kier alpha value is -5.16. The van der Waals surface area contributed by atoms with E-state index < -0.39 is 65.2 Å². The molecule has 1 atom stereocenters. The van der Waals surface area contributed by atoms with Gasteiger partial charge in [0, 0.05) is 25.3 Å². The number of hydrogen-bond acceptors (Lipinski definition) is 7. The molecule has 54 heavy (non-hydrogen) atoms. The first-order valence-electron chi connectivity index (χ1n) is 17.1. The quantitative estimate of drug-likeness (QED) is 0.126. The van der Waals surface area contributed by atoms with Gasteiger partial charge in [0.2, 0.25) is 0 Å². The Kier molecular flexibility index (Phi) is 9.36. The number of carbonyl (C=O) groups excluding carboxylic acids is 2. The largest absolute Gasteiger partial charge is 0.416 e. The lowest BCUT2D eigenvalue weighted by atomic mass is 9.94. The molecular weight excluding hydrogens is 733 g/mol. The predicted octanol–water partition coefficient (Wildman–Crippen LogP) is 8.09. The summed E-state index contributed by atoms with van der Waals surface area (Å²) in [5.74, 6) is -1.03. The highest BCUT2D eigenvalue weighted by Crippen LogP contribution is 2.45. The molecule has 1 aliphatic carbocycles. The Balaban J connectivity index is 1.29. The highest BCUT2D eigenvalue weighted by Gasteiger charge is 2.40. The number of halogens is 9. The summed E-state index contributed by atoms with van der Waals surface area (Å²) in [4.78, 5) is 31.0. The van der Waals surface area contributed by atoms with Crippen molar-refractivity contribution in [3.8, 4) is 0 Å². The maximum atomic E-state index is 14.2. The van der Waals surface area contributed by atoms with E-state index >= 15 is 0 Å². The van der Waals surface area contributed by atoms with Crippen LogP contribution in [0.2, 0.25) is 0 Å². The number of tetrazole rings is 1. The zero-order chi connectivity index (χ0) is 38.7. The number of aryl methyl sites for hydroxylation is 1. The molecule has 4 aromatic rings. The number of aromatic nitrogens is 4. The van der Waals surface area contributed by atoms with Gasteiger partial charge in [-0.1, -0.05) is 23.3 Å². The number of hydrogen-bond donors (Lipinski definition) is 0. The van der Waals surface area contributed by atoms with Crippen molar-refractivity contribution in [1.29, 1.82) is 0 Å². The van der Waals surface area contributed by atoms with Gasteiger partial charge in [0.15, 0.2) is 0 Å². The van der Waals surface area contributed by atoms with E-state index in [9.17, 15) is 49.1 Å². The second kappa shape index (κ2) is 13.6. The molecule has 7 rings (SSSR count). The van der Waals surface area contributed by atoms with Crippen molar-refractivity contribution in [2.45, 2.75) is 70.3 Å². The van der Waals surface area contributed by atoms with E-state index in [-0.39, 0.29) is 59.8 Å².